The van der Waals surface area contributed by atoms with E-state index in [-0.39, 0.29) is 23.8 Å². The number of anilines is 1. The number of hydrogen-bond acceptors (Lipinski definition) is 5. The van der Waals surface area contributed by atoms with Crippen LogP contribution in [0.4, 0.5) is 10.2 Å². The number of amides is 1. The van der Waals surface area contributed by atoms with Gasteiger partial charge in [-0.15, -0.1) is 0 Å². The van der Waals surface area contributed by atoms with Crippen LogP contribution < -0.4 is 10.6 Å². The van der Waals surface area contributed by atoms with E-state index in [4.69, 9.17) is 11.6 Å². The Hall–Kier alpha value is -2.74. The summed E-state index contributed by atoms with van der Waals surface area (Å²) in [6, 6.07) is 1.89. The summed E-state index contributed by atoms with van der Waals surface area (Å²) in [5.74, 6) is -0.0228. The zero-order valence-electron chi connectivity index (χ0n) is 15.3. The summed E-state index contributed by atoms with van der Waals surface area (Å²) >= 11 is 6.05. The normalized spacial score (nSPS) is 19.5. The fourth-order valence-electron chi connectivity index (χ4n) is 3.69. The van der Waals surface area contributed by atoms with Crippen molar-refractivity contribution in [1.29, 1.82) is 0 Å². The summed E-state index contributed by atoms with van der Waals surface area (Å²) in [5, 5.41) is 7.40. The van der Waals surface area contributed by atoms with E-state index in [0.29, 0.717) is 22.1 Å². The molecule has 28 heavy (non-hydrogen) atoms. The second-order valence-corrected chi connectivity index (χ2v) is 7.48. The Bertz CT molecular complexity index is 1020. The second-order valence-electron chi connectivity index (χ2n) is 7.05. The van der Waals surface area contributed by atoms with Crippen LogP contribution in [0.2, 0.25) is 5.02 Å². The number of rotatable bonds is 4. The Balaban J connectivity index is 1.59. The van der Waals surface area contributed by atoms with Gasteiger partial charge in [0, 0.05) is 42.4 Å². The number of aromatic nitrogens is 4. The molecule has 0 bridgehead atoms. The Morgan fingerprint density at radius 1 is 1.29 bits per heavy atom. The molecular formula is C19H20ClFN6O. The largest absolute Gasteiger partial charge is 0.365 e. The third-order valence-corrected chi connectivity index (χ3v) is 5.11. The lowest BCUT2D eigenvalue weighted by molar-refractivity contribution is -0.119. The fraction of sp³-hybridized carbons (Fsp3) is 0.368. The molecule has 0 aliphatic heterocycles. The number of H-pyrrole nitrogens is 1. The van der Waals surface area contributed by atoms with Gasteiger partial charge in [0.15, 0.2) is 17.5 Å². The smallest absolute Gasteiger partial charge is 0.217 e. The fourth-order valence-corrected chi connectivity index (χ4v) is 3.85. The lowest BCUT2D eigenvalue weighted by atomic mass is 9.91. The van der Waals surface area contributed by atoms with Gasteiger partial charge in [0.2, 0.25) is 5.91 Å². The number of aromatic amines is 1. The van der Waals surface area contributed by atoms with E-state index in [2.05, 4.69) is 30.6 Å². The van der Waals surface area contributed by atoms with Gasteiger partial charge in [-0.1, -0.05) is 11.6 Å². The molecule has 0 saturated heterocycles. The quantitative estimate of drug-likeness (QED) is 0.618. The average molecular weight is 403 g/mol. The van der Waals surface area contributed by atoms with Crippen LogP contribution in [-0.4, -0.2) is 37.9 Å². The van der Waals surface area contributed by atoms with Crippen molar-refractivity contribution in [2.75, 3.05) is 5.32 Å². The lowest BCUT2D eigenvalue weighted by Gasteiger charge is -2.30. The Labute approximate surface area is 166 Å². The summed E-state index contributed by atoms with van der Waals surface area (Å²) in [5.41, 5.74) is 1.36. The molecule has 1 aliphatic carbocycles. The summed E-state index contributed by atoms with van der Waals surface area (Å²) < 4.78 is 14.4. The van der Waals surface area contributed by atoms with Gasteiger partial charge in [0.1, 0.15) is 5.65 Å². The number of pyridine rings is 1. The molecule has 1 aliphatic rings. The topological polar surface area (TPSA) is 95.6 Å². The van der Waals surface area contributed by atoms with Crippen molar-refractivity contribution in [3.05, 3.63) is 35.5 Å². The van der Waals surface area contributed by atoms with Gasteiger partial charge in [0.25, 0.3) is 0 Å². The molecule has 7 nitrogen and oxygen atoms in total. The molecular weight excluding hydrogens is 383 g/mol. The van der Waals surface area contributed by atoms with Gasteiger partial charge in [-0.3, -0.25) is 4.79 Å². The van der Waals surface area contributed by atoms with E-state index >= 15 is 0 Å². The lowest BCUT2D eigenvalue weighted by Crippen LogP contribution is -2.41. The average Bonchev–Trinajstić information content (AvgIpc) is 3.06. The predicted molar refractivity (Wildman–Crippen MR) is 106 cm³/mol. The number of nitrogens with zero attached hydrogens (tertiary/aromatic N) is 3. The molecule has 3 aromatic heterocycles. The third-order valence-electron chi connectivity index (χ3n) is 4.91. The van der Waals surface area contributed by atoms with Crippen LogP contribution in [-0.2, 0) is 4.79 Å². The van der Waals surface area contributed by atoms with Gasteiger partial charge in [0.05, 0.1) is 11.2 Å². The van der Waals surface area contributed by atoms with Crippen LogP contribution in [0.25, 0.3) is 22.4 Å². The molecule has 0 spiro atoms. The van der Waals surface area contributed by atoms with E-state index < -0.39 is 5.82 Å². The van der Waals surface area contributed by atoms with E-state index in [0.717, 1.165) is 37.3 Å². The van der Waals surface area contributed by atoms with Crippen molar-refractivity contribution in [3.8, 4) is 11.4 Å². The number of halogens is 2. The molecule has 0 aromatic carbocycles. The second kappa shape index (κ2) is 7.71. The third kappa shape index (κ3) is 3.91. The van der Waals surface area contributed by atoms with E-state index in [1.165, 1.54) is 6.92 Å². The molecule has 1 saturated carbocycles. The first-order chi connectivity index (χ1) is 13.5. The Morgan fingerprint density at radius 2 is 2.11 bits per heavy atom. The number of nitrogens with one attached hydrogen (secondary N) is 3. The molecule has 3 heterocycles. The van der Waals surface area contributed by atoms with E-state index in [1.54, 1.807) is 18.5 Å². The zero-order valence-corrected chi connectivity index (χ0v) is 16.1. The first-order valence-electron chi connectivity index (χ1n) is 9.19. The molecule has 1 unspecified atom stereocenters. The highest BCUT2D eigenvalue weighted by Crippen LogP contribution is 2.29. The molecule has 1 fully saturated rings. The van der Waals surface area contributed by atoms with Crippen LogP contribution in [0.1, 0.15) is 32.6 Å². The maximum Gasteiger partial charge on any atom is 0.217 e. The minimum absolute atomic E-state index is 0.0296. The number of hydrogen-bond donors (Lipinski definition) is 3. The highest BCUT2D eigenvalue weighted by atomic mass is 35.5. The van der Waals surface area contributed by atoms with Gasteiger partial charge < -0.3 is 15.6 Å². The summed E-state index contributed by atoms with van der Waals surface area (Å²) in [6.07, 6.45) is 7.95. The summed E-state index contributed by atoms with van der Waals surface area (Å²) in [4.78, 5) is 27.1. The Morgan fingerprint density at radius 3 is 2.93 bits per heavy atom. The minimum atomic E-state index is -0.513. The minimum Gasteiger partial charge on any atom is -0.365 e. The highest BCUT2D eigenvalue weighted by Gasteiger charge is 2.24. The monoisotopic (exact) mass is 402 g/mol. The summed E-state index contributed by atoms with van der Waals surface area (Å²) in [7, 11) is 0. The van der Waals surface area contributed by atoms with Gasteiger partial charge >= 0.3 is 0 Å². The summed E-state index contributed by atoms with van der Waals surface area (Å²) in [6.45, 7) is 1.51. The molecule has 3 N–H and O–H groups in total. The van der Waals surface area contributed by atoms with E-state index in [9.17, 15) is 9.18 Å². The van der Waals surface area contributed by atoms with Crippen LogP contribution >= 0.6 is 11.6 Å². The molecule has 146 valence electrons. The van der Waals surface area contributed by atoms with Crippen LogP contribution in [0.3, 0.4) is 0 Å². The van der Waals surface area contributed by atoms with Crippen molar-refractivity contribution >= 4 is 34.4 Å². The molecule has 1 amide bonds. The first kappa shape index (κ1) is 18.6. The van der Waals surface area contributed by atoms with Crippen molar-refractivity contribution in [2.24, 2.45) is 0 Å². The predicted octanol–water partition coefficient (Wildman–Crippen LogP) is 3.67. The zero-order chi connectivity index (χ0) is 19.7. The number of carbonyl (C=O) groups is 1. The van der Waals surface area contributed by atoms with Crippen molar-refractivity contribution in [1.82, 2.24) is 25.3 Å². The van der Waals surface area contributed by atoms with Crippen molar-refractivity contribution < 1.29 is 9.18 Å². The maximum absolute atomic E-state index is 14.4. The highest BCUT2D eigenvalue weighted by molar-refractivity contribution is 6.31. The van der Waals surface area contributed by atoms with Gasteiger partial charge in [-0.25, -0.2) is 19.3 Å². The van der Waals surface area contributed by atoms with Crippen LogP contribution in [0.15, 0.2) is 24.7 Å². The first-order valence-corrected chi connectivity index (χ1v) is 9.56. The van der Waals surface area contributed by atoms with Crippen molar-refractivity contribution in [2.45, 2.75) is 44.7 Å². The van der Waals surface area contributed by atoms with Crippen LogP contribution in [0, 0.1) is 5.82 Å². The van der Waals surface area contributed by atoms with Crippen LogP contribution in [0.5, 0.6) is 0 Å². The van der Waals surface area contributed by atoms with E-state index in [1.807, 2.05) is 0 Å². The molecule has 2 atom stereocenters. The molecule has 0 radical (unpaired) electrons. The standard InChI is InChI=1S/C19H20ClFN6O/c1-10(28)25-12-3-2-4-13(6-12)26-19-16(21)9-24-18(27-19)15-8-23-17-14(15)5-11(20)7-22-17/h5,7-9,12-13H,2-4,6H2,1H3,(H,22,23)(H,25,28)(H,24,26,27)/t12?,13-/m0/s1. The Kier molecular flexibility index (Phi) is 5.13. The van der Waals surface area contributed by atoms with Crippen molar-refractivity contribution in [3.63, 3.8) is 0 Å². The molecule has 3 aromatic rings. The molecule has 4 rings (SSSR count). The number of carbonyl (C=O) groups excluding carboxylic acids is 1. The number of fused-ring (bicyclic) bond motifs is 1. The maximum atomic E-state index is 14.4. The molecule has 9 heteroatoms. The SMILES string of the molecule is CC(=O)NC1CCC[C@H](Nc2nc(-c3c[nH]c4ncc(Cl)cc34)ncc2F)C1. The van der Waals surface area contributed by atoms with Gasteiger partial charge in [-0.2, -0.15) is 0 Å². The van der Waals surface area contributed by atoms with Gasteiger partial charge in [-0.05, 0) is 31.7 Å².